The first kappa shape index (κ1) is 24.9. The molecule has 0 saturated heterocycles. The zero-order valence-electron chi connectivity index (χ0n) is 19.8. The molecule has 0 saturated carbocycles. The Labute approximate surface area is 199 Å². The summed E-state index contributed by atoms with van der Waals surface area (Å²) in [6, 6.07) is 16.4. The molecular formula is C26H31N3O5. The summed E-state index contributed by atoms with van der Waals surface area (Å²) in [5.74, 6) is 1.68. The summed E-state index contributed by atoms with van der Waals surface area (Å²) in [5, 5.41) is 5.55. The van der Waals surface area contributed by atoms with Crippen molar-refractivity contribution in [2.75, 3.05) is 32.1 Å². The van der Waals surface area contributed by atoms with Gasteiger partial charge in [-0.1, -0.05) is 12.1 Å². The maximum absolute atomic E-state index is 12.9. The van der Waals surface area contributed by atoms with Crippen molar-refractivity contribution in [2.24, 2.45) is 0 Å². The lowest BCUT2D eigenvalue weighted by atomic mass is 10.1. The third kappa shape index (κ3) is 7.11. The van der Waals surface area contributed by atoms with Gasteiger partial charge < -0.3 is 24.5 Å². The van der Waals surface area contributed by atoms with Crippen molar-refractivity contribution >= 4 is 17.5 Å². The Morgan fingerprint density at radius 1 is 0.941 bits per heavy atom. The smallest absolute Gasteiger partial charge is 0.251 e. The Kier molecular flexibility index (Phi) is 9.11. The first-order chi connectivity index (χ1) is 16.5. The van der Waals surface area contributed by atoms with Gasteiger partial charge >= 0.3 is 0 Å². The molecule has 0 aliphatic rings. The van der Waals surface area contributed by atoms with Crippen LogP contribution in [-0.4, -0.2) is 43.5 Å². The van der Waals surface area contributed by atoms with Gasteiger partial charge in [0.15, 0.2) is 11.5 Å². The molecule has 0 aliphatic heterocycles. The Morgan fingerprint density at radius 3 is 2.32 bits per heavy atom. The predicted molar refractivity (Wildman–Crippen MR) is 130 cm³/mol. The molecular weight excluding hydrogens is 434 g/mol. The molecule has 2 N–H and O–H groups in total. The van der Waals surface area contributed by atoms with E-state index in [9.17, 15) is 9.59 Å². The number of hydrogen-bond donors (Lipinski definition) is 2. The highest BCUT2D eigenvalue weighted by Gasteiger charge is 2.15. The van der Waals surface area contributed by atoms with Crippen LogP contribution in [0.1, 0.15) is 35.5 Å². The second-order valence-corrected chi connectivity index (χ2v) is 7.58. The Bertz CT molecular complexity index is 1060. The van der Waals surface area contributed by atoms with Crippen LogP contribution in [0.4, 0.5) is 5.69 Å². The van der Waals surface area contributed by atoms with Crippen molar-refractivity contribution < 1.29 is 23.5 Å². The first-order valence-corrected chi connectivity index (χ1v) is 11.3. The van der Waals surface area contributed by atoms with Gasteiger partial charge in [0, 0.05) is 30.9 Å². The number of nitrogens with one attached hydrogen (secondary N) is 2. The van der Waals surface area contributed by atoms with E-state index >= 15 is 0 Å². The predicted octanol–water partition coefficient (Wildman–Crippen LogP) is 4.08. The second-order valence-electron chi connectivity index (χ2n) is 7.58. The molecule has 0 bridgehead atoms. The van der Waals surface area contributed by atoms with Crippen LogP contribution in [0.2, 0.25) is 0 Å². The van der Waals surface area contributed by atoms with Crippen molar-refractivity contribution in [2.45, 2.75) is 26.9 Å². The average Bonchev–Trinajstić information content (AvgIpc) is 3.34. The molecule has 3 aromatic rings. The molecule has 1 heterocycles. The highest BCUT2D eigenvalue weighted by molar-refractivity contribution is 5.94. The molecule has 8 nitrogen and oxygen atoms in total. The molecule has 8 heteroatoms. The fourth-order valence-corrected chi connectivity index (χ4v) is 3.49. The molecule has 3 rings (SSSR count). The Balaban J connectivity index is 1.70. The molecule has 2 aromatic carbocycles. The van der Waals surface area contributed by atoms with E-state index in [1.807, 2.05) is 43.0 Å². The minimum absolute atomic E-state index is 0.139. The number of hydrogen-bond acceptors (Lipinski definition) is 6. The number of furan rings is 1. The Hall–Kier alpha value is -3.78. The molecule has 0 radical (unpaired) electrons. The standard InChI is InChI=1S/C26H31N3O5/c1-4-32-23-13-12-21(15-24(23)33-5-2)28-25(30)18-29(17-22-7-6-14-34-22)16-19-8-10-20(11-9-19)26(31)27-3/h6-15H,4-5,16-18H2,1-3H3,(H,27,31)(H,28,30). The minimum atomic E-state index is -0.167. The summed E-state index contributed by atoms with van der Waals surface area (Å²) < 4.78 is 16.7. The van der Waals surface area contributed by atoms with E-state index in [1.54, 1.807) is 43.6 Å². The molecule has 0 atom stereocenters. The van der Waals surface area contributed by atoms with Gasteiger partial charge in [-0.15, -0.1) is 0 Å². The molecule has 0 fully saturated rings. The quantitative estimate of drug-likeness (QED) is 0.419. The molecule has 180 valence electrons. The molecule has 2 amide bonds. The van der Waals surface area contributed by atoms with E-state index in [-0.39, 0.29) is 18.4 Å². The summed E-state index contributed by atoms with van der Waals surface area (Å²) in [7, 11) is 1.60. The molecule has 0 spiro atoms. The van der Waals surface area contributed by atoms with Crippen LogP contribution in [0.3, 0.4) is 0 Å². The number of ether oxygens (including phenoxy) is 2. The third-order valence-corrected chi connectivity index (χ3v) is 5.00. The number of benzene rings is 2. The lowest BCUT2D eigenvalue weighted by Crippen LogP contribution is -2.32. The highest BCUT2D eigenvalue weighted by Crippen LogP contribution is 2.30. The molecule has 1 aromatic heterocycles. The minimum Gasteiger partial charge on any atom is -0.490 e. The normalized spacial score (nSPS) is 10.7. The number of anilines is 1. The lowest BCUT2D eigenvalue weighted by Gasteiger charge is -2.21. The van der Waals surface area contributed by atoms with Crippen molar-refractivity contribution in [3.63, 3.8) is 0 Å². The third-order valence-electron chi connectivity index (χ3n) is 5.00. The first-order valence-electron chi connectivity index (χ1n) is 11.3. The van der Waals surface area contributed by atoms with Gasteiger partial charge in [0.05, 0.1) is 32.6 Å². The lowest BCUT2D eigenvalue weighted by molar-refractivity contribution is -0.117. The highest BCUT2D eigenvalue weighted by atomic mass is 16.5. The van der Waals surface area contributed by atoms with Crippen LogP contribution in [-0.2, 0) is 17.9 Å². The average molecular weight is 466 g/mol. The van der Waals surface area contributed by atoms with Gasteiger partial charge in [-0.05, 0) is 55.8 Å². The number of amides is 2. The summed E-state index contributed by atoms with van der Waals surface area (Å²) in [6.07, 6.45) is 1.61. The number of carbonyl (C=O) groups excluding carboxylic acids is 2. The zero-order valence-corrected chi connectivity index (χ0v) is 19.8. The summed E-state index contributed by atoms with van der Waals surface area (Å²) in [5.41, 5.74) is 2.19. The summed E-state index contributed by atoms with van der Waals surface area (Å²) in [6.45, 7) is 5.94. The van der Waals surface area contributed by atoms with Crippen LogP contribution in [0, 0.1) is 0 Å². The van der Waals surface area contributed by atoms with Gasteiger partial charge in [-0.25, -0.2) is 0 Å². The van der Waals surface area contributed by atoms with Crippen molar-refractivity contribution in [3.8, 4) is 11.5 Å². The Morgan fingerprint density at radius 2 is 1.68 bits per heavy atom. The SMILES string of the molecule is CCOc1ccc(NC(=O)CN(Cc2ccc(C(=O)NC)cc2)Cc2ccco2)cc1OCC. The van der Waals surface area contributed by atoms with E-state index in [4.69, 9.17) is 13.9 Å². The van der Waals surface area contributed by atoms with Crippen molar-refractivity contribution in [3.05, 3.63) is 77.7 Å². The fraction of sp³-hybridized carbons (Fsp3) is 0.308. The van der Waals surface area contributed by atoms with Crippen molar-refractivity contribution in [1.82, 2.24) is 10.2 Å². The van der Waals surface area contributed by atoms with Crippen LogP contribution in [0.15, 0.2) is 65.3 Å². The maximum Gasteiger partial charge on any atom is 0.251 e. The van der Waals surface area contributed by atoms with E-state index in [0.717, 1.165) is 11.3 Å². The van der Waals surface area contributed by atoms with E-state index in [2.05, 4.69) is 10.6 Å². The van der Waals surface area contributed by atoms with Gasteiger partial charge in [-0.2, -0.15) is 0 Å². The topological polar surface area (TPSA) is 93.0 Å². The molecule has 0 unspecified atom stereocenters. The summed E-state index contributed by atoms with van der Waals surface area (Å²) >= 11 is 0. The van der Waals surface area contributed by atoms with Crippen LogP contribution in [0.5, 0.6) is 11.5 Å². The maximum atomic E-state index is 12.9. The fourth-order valence-electron chi connectivity index (χ4n) is 3.49. The van der Waals surface area contributed by atoms with E-state index < -0.39 is 0 Å². The van der Waals surface area contributed by atoms with Gasteiger partial charge in [-0.3, -0.25) is 14.5 Å². The van der Waals surface area contributed by atoms with Crippen LogP contribution < -0.4 is 20.1 Å². The van der Waals surface area contributed by atoms with Gasteiger partial charge in [0.1, 0.15) is 5.76 Å². The van der Waals surface area contributed by atoms with E-state index in [1.165, 1.54) is 0 Å². The molecule has 34 heavy (non-hydrogen) atoms. The van der Waals surface area contributed by atoms with Crippen LogP contribution in [0.25, 0.3) is 0 Å². The van der Waals surface area contributed by atoms with Gasteiger partial charge in [0.25, 0.3) is 5.91 Å². The van der Waals surface area contributed by atoms with Crippen molar-refractivity contribution in [1.29, 1.82) is 0 Å². The largest absolute Gasteiger partial charge is 0.490 e. The number of carbonyl (C=O) groups is 2. The van der Waals surface area contributed by atoms with E-state index in [0.29, 0.717) is 49.1 Å². The molecule has 0 aliphatic carbocycles. The number of nitrogens with zero attached hydrogens (tertiary/aromatic N) is 1. The zero-order chi connectivity index (χ0) is 24.3. The van der Waals surface area contributed by atoms with Gasteiger partial charge in [0.2, 0.25) is 5.91 Å². The number of rotatable bonds is 12. The monoisotopic (exact) mass is 465 g/mol. The van der Waals surface area contributed by atoms with Crippen LogP contribution >= 0.6 is 0 Å². The summed E-state index contributed by atoms with van der Waals surface area (Å²) in [4.78, 5) is 26.7. The second kappa shape index (κ2) is 12.5.